The van der Waals surface area contributed by atoms with Crippen molar-refractivity contribution in [3.63, 3.8) is 0 Å². The number of benzene rings is 2. The van der Waals surface area contributed by atoms with E-state index < -0.39 is 4.92 Å². The predicted octanol–water partition coefficient (Wildman–Crippen LogP) is 4.55. The Labute approximate surface area is 176 Å². The standard InChI is InChI=1S/C19H18ClN5O5/c1-28-14-7-5-4-6-12(14)23-18-17(25(26)27)19(22-10-21-18)24-13-8-11(20)15(29-2)9-16(13)30-3/h4-10H,1-3H3,(H2,21,22,23,24). The molecule has 1 aromatic heterocycles. The second kappa shape index (κ2) is 9.14. The molecule has 3 aromatic rings. The maximum absolute atomic E-state index is 11.8. The number of anilines is 4. The van der Waals surface area contributed by atoms with Crippen LogP contribution in [0.5, 0.6) is 17.2 Å². The van der Waals surface area contributed by atoms with Crippen LogP contribution in [0.3, 0.4) is 0 Å². The van der Waals surface area contributed by atoms with E-state index in [1.54, 1.807) is 30.3 Å². The van der Waals surface area contributed by atoms with Crippen molar-refractivity contribution in [1.82, 2.24) is 9.97 Å². The van der Waals surface area contributed by atoms with Crippen molar-refractivity contribution in [2.75, 3.05) is 32.0 Å². The Kier molecular flexibility index (Phi) is 6.38. The van der Waals surface area contributed by atoms with Crippen molar-refractivity contribution >= 4 is 40.3 Å². The summed E-state index contributed by atoms with van der Waals surface area (Å²) in [5.41, 5.74) is 0.517. The van der Waals surface area contributed by atoms with Gasteiger partial charge in [0.2, 0.25) is 11.6 Å². The highest BCUT2D eigenvalue weighted by molar-refractivity contribution is 6.32. The summed E-state index contributed by atoms with van der Waals surface area (Å²) in [5.74, 6) is 1.20. The van der Waals surface area contributed by atoms with Crippen LogP contribution in [0.25, 0.3) is 0 Å². The summed E-state index contributed by atoms with van der Waals surface area (Å²) in [6.07, 6.45) is 1.20. The maximum Gasteiger partial charge on any atom is 0.353 e. The number of nitro groups is 1. The van der Waals surface area contributed by atoms with Crippen LogP contribution in [-0.2, 0) is 0 Å². The minimum atomic E-state index is -0.586. The smallest absolute Gasteiger partial charge is 0.353 e. The molecule has 11 heteroatoms. The number of nitrogens with zero attached hydrogens (tertiary/aromatic N) is 3. The van der Waals surface area contributed by atoms with Gasteiger partial charge in [-0.15, -0.1) is 0 Å². The summed E-state index contributed by atoms with van der Waals surface area (Å²) < 4.78 is 15.8. The summed E-state index contributed by atoms with van der Waals surface area (Å²) >= 11 is 6.19. The van der Waals surface area contributed by atoms with Crippen molar-refractivity contribution in [2.45, 2.75) is 0 Å². The molecule has 0 saturated carbocycles. The van der Waals surface area contributed by atoms with Crippen LogP contribution in [0.2, 0.25) is 5.02 Å². The van der Waals surface area contributed by atoms with Crippen LogP contribution in [0.15, 0.2) is 42.7 Å². The first kappa shape index (κ1) is 20.9. The molecule has 0 amide bonds. The van der Waals surface area contributed by atoms with E-state index in [1.807, 2.05) is 0 Å². The third kappa shape index (κ3) is 4.28. The molecule has 2 N–H and O–H groups in total. The average molecular weight is 432 g/mol. The van der Waals surface area contributed by atoms with E-state index in [0.717, 1.165) is 0 Å². The van der Waals surface area contributed by atoms with E-state index in [0.29, 0.717) is 33.6 Å². The first-order valence-electron chi connectivity index (χ1n) is 8.56. The molecule has 3 rings (SSSR count). The van der Waals surface area contributed by atoms with Crippen molar-refractivity contribution in [3.05, 3.63) is 57.9 Å². The highest BCUT2D eigenvalue weighted by Gasteiger charge is 2.25. The molecule has 0 saturated heterocycles. The number of ether oxygens (including phenoxy) is 3. The fourth-order valence-electron chi connectivity index (χ4n) is 2.70. The van der Waals surface area contributed by atoms with Crippen LogP contribution in [0.4, 0.5) is 28.7 Å². The fraction of sp³-hybridized carbons (Fsp3) is 0.158. The van der Waals surface area contributed by atoms with Crippen LogP contribution < -0.4 is 24.8 Å². The molecule has 2 aromatic carbocycles. The molecule has 0 spiro atoms. The minimum absolute atomic E-state index is 0.0134. The Morgan fingerprint density at radius 3 is 2.10 bits per heavy atom. The van der Waals surface area contributed by atoms with Crippen molar-refractivity contribution < 1.29 is 19.1 Å². The Balaban J connectivity index is 2.04. The molecule has 0 aliphatic carbocycles. The van der Waals surface area contributed by atoms with Gasteiger partial charge in [0.05, 0.1) is 42.7 Å². The number of nitrogens with one attached hydrogen (secondary N) is 2. The van der Waals surface area contributed by atoms with Gasteiger partial charge < -0.3 is 24.8 Å². The quantitative estimate of drug-likeness (QED) is 0.390. The molecular formula is C19H18ClN5O5. The van der Waals surface area contributed by atoms with Gasteiger partial charge >= 0.3 is 5.69 Å². The van der Waals surface area contributed by atoms with Gasteiger partial charge in [0, 0.05) is 6.07 Å². The highest BCUT2D eigenvalue weighted by Crippen LogP contribution is 2.40. The third-order valence-electron chi connectivity index (χ3n) is 4.09. The van der Waals surface area contributed by atoms with Gasteiger partial charge in [-0.2, -0.15) is 0 Å². The number of aromatic nitrogens is 2. The molecule has 0 fully saturated rings. The number of para-hydroxylation sites is 2. The molecule has 30 heavy (non-hydrogen) atoms. The summed E-state index contributed by atoms with van der Waals surface area (Å²) in [6, 6.07) is 10.1. The van der Waals surface area contributed by atoms with Gasteiger partial charge in [-0.05, 0) is 18.2 Å². The molecule has 0 atom stereocenters. The third-order valence-corrected chi connectivity index (χ3v) is 4.39. The van der Waals surface area contributed by atoms with Gasteiger partial charge in [-0.1, -0.05) is 23.7 Å². The molecule has 0 radical (unpaired) electrons. The lowest BCUT2D eigenvalue weighted by Gasteiger charge is -2.15. The number of methoxy groups -OCH3 is 3. The summed E-state index contributed by atoms with van der Waals surface area (Å²) in [7, 11) is 4.43. The van der Waals surface area contributed by atoms with Crippen LogP contribution in [0, 0.1) is 10.1 Å². The first-order chi connectivity index (χ1) is 14.5. The van der Waals surface area contributed by atoms with Crippen molar-refractivity contribution in [1.29, 1.82) is 0 Å². The highest BCUT2D eigenvalue weighted by atomic mass is 35.5. The van der Waals surface area contributed by atoms with Gasteiger partial charge in [-0.3, -0.25) is 10.1 Å². The normalized spacial score (nSPS) is 10.3. The van der Waals surface area contributed by atoms with E-state index in [9.17, 15) is 10.1 Å². The molecular weight excluding hydrogens is 414 g/mol. The largest absolute Gasteiger partial charge is 0.495 e. The SMILES string of the molecule is COc1cc(OC)c(Nc2ncnc(Nc3ccccc3OC)c2[N+](=O)[O-])cc1Cl. The zero-order chi connectivity index (χ0) is 21.7. The molecule has 0 bridgehead atoms. The van der Waals surface area contributed by atoms with E-state index >= 15 is 0 Å². The zero-order valence-corrected chi connectivity index (χ0v) is 17.1. The lowest BCUT2D eigenvalue weighted by atomic mass is 10.2. The topological polar surface area (TPSA) is 121 Å². The Bertz CT molecular complexity index is 1080. The monoisotopic (exact) mass is 431 g/mol. The second-order valence-corrected chi connectivity index (χ2v) is 6.22. The summed E-state index contributed by atoms with van der Waals surface area (Å²) in [6.45, 7) is 0. The van der Waals surface area contributed by atoms with Gasteiger partial charge in [0.1, 0.15) is 23.6 Å². The molecule has 0 aliphatic rings. The molecule has 0 unspecified atom stereocenters. The average Bonchev–Trinajstić information content (AvgIpc) is 2.74. The minimum Gasteiger partial charge on any atom is -0.495 e. The molecule has 1 heterocycles. The lowest BCUT2D eigenvalue weighted by Crippen LogP contribution is -2.06. The first-order valence-corrected chi connectivity index (χ1v) is 8.94. The fourth-order valence-corrected chi connectivity index (χ4v) is 2.94. The molecule has 156 valence electrons. The van der Waals surface area contributed by atoms with Gasteiger partial charge in [0.25, 0.3) is 0 Å². The van der Waals surface area contributed by atoms with Crippen molar-refractivity contribution in [3.8, 4) is 17.2 Å². The number of hydrogen-bond donors (Lipinski definition) is 2. The number of rotatable bonds is 8. The van der Waals surface area contributed by atoms with Crippen LogP contribution >= 0.6 is 11.6 Å². The predicted molar refractivity (Wildman–Crippen MR) is 113 cm³/mol. The molecule has 0 aliphatic heterocycles. The lowest BCUT2D eigenvalue weighted by molar-refractivity contribution is -0.383. The van der Waals surface area contributed by atoms with E-state index in [2.05, 4.69) is 20.6 Å². The van der Waals surface area contributed by atoms with Gasteiger partial charge in [-0.25, -0.2) is 9.97 Å². The van der Waals surface area contributed by atoms with Crippen LogP contribution in [-0.4, -0.2) is 36.2 Å². The maximum atomic E-state index is 11.8. The second-order valence-electron chi connectivity index (χ2n) is 5.81. The Morgan fingerprint density at radius 1 is 0.900 bits per heavy atom. The van der Waals surface area contributed by atoms with Crippen LogP contribution in [0.1, 0.15) is 0 Å². The molecule has 10 nitrogen and oxygen atoms in total. The van der Waals surface area contributed by atoms with E-state index in [4.69, 9.17) is 25.8 Å². The zero-order valence-electron chi connectivity index (χ0n) is 16.3. The van der Waals surface area contributed by atoms with Crippen molar-refractivity contribution in [2.24, 2.45) is 0 Å². The van der Waals surface area contributed by atoms with E-state index in [1.165, 1.54) is 33.7 Å². The van der Waals surface area contributed by atoms with E-state index in [-0.39, 0.29) is 17.3 Å². The number of hydrogen-bond acceptors (Lipinski definition) is 9. The Hall–Kier alpha value is -3.79. The summed E-state index contributed by atoms with van der Waals surface area (Å²) in [4.78, 5) is 19.3. The summed E-state index contributed by atoms with van der Waals surface area (Å²) in [5, 5.41) is 17.9. The number of halogens is 1. The Morgan fingerprint density at radius 2 is 1.50 bits per heavy atom. The van der Waals surface area contributed by atoms with Gasteiger partial charge in [0.15, 0.2) is 0 Å².